The van der Waals surface area contributed by atoms with Gasteiger partial charge in [0.05, 0.1) is 0 Å². The molecule has 0 heterocycles. The van der Waals surface area contributed by atoms with E-state index in [0.717, 1.165) is 18.4 Å². The summed E-state index contributed by atoms with van der Waals surface area (Å²) in [4.78, 5) is 0. The minimum atomic E-state index is 0.430. The van der Waals surface area contributed by atoms with Gasteiger partial charge in [0.15, 0.2) is 0 Å². The summed E-state index contributed by atoms with van der Waals surface area (Å²) >= 11 is 1.96. The van der Waals surface area contributed by atoms with Crippen LogP contribution in [0.1, 0.15) is 41.0 Å². The van der Waals surface area contributed by atoms with Gasteiger partial charge in [0.1, 0.15) is 0 Å². The number of nitrogens with one attached hydrogen (secondary N) is 1. The highest BCUT2D eigenvalue weighted by Crippen LogP contribution is 2.29. The molecule has 0 amide bonds. The molecule has 1 N–H and O–H groups in total. The van der Waals surface area contributed by atoms with Crippen LogP contribution >= 0.6 is 11.8 Å². The second-order valence-electron chi connectivity index (χ2n) is 5.90. The van der Waals surface area contributed by atoms with Crippen molar-refractivity contribution in [1.82, 2.24) is 5.32 Å². The van der Waals surface area contributed by atoms with Crippen LogP contribution in [-0.4, -0.2) is 25.1 Å². The van der Waals surface area contributed by atoms with Crippen molar-refractivity contribution >= 4 is 11.8 Å². The molecule has 0 aliphatic heterocycles. The SMILES string of the molecule is CSCCC(CNCC(C)C)C(C)(C)C. The molecule has 1 unspecified atom stereocenters. The van der Waals surface area contributed by atoms with E-state index >= 15 is 0 Å². The van der Waals surface area contributed by atoms with E-state index in [1.54, 1.807) is 0 Å². The molecule has 0 spiro atoms. The van der Waals surface area contributed by atoms with Gasteiger partial charge in [-0.25, -0.2) is 0 Å². The van der Waals surface area contributed by atoms with Gasteiger partial charge >= 0.3 is 0 Å². The van der Waals surface area contributed by atoms with E-state index in [9.17, 15) is 0 Å². The monoisotopic (exact) mass is 231 g/mol. The Morgan fingerprint density at radius 2 is 1.73 bits per heavy atom. The maximum atomic E-state index is 3.59. The fourth-order valence-electron chi connectivity index (χ4n) is 1.65. The molecule has 0 saturated heterocycles. The van der Waals surface area contributed by atoms with Gasteiger partial charge in [-0.2, -0.15) is 11.8 Å². The van der Waals surface area contributed by atoms with E-state index in [1.807, 2.05) is 11.8 Å². The molecule has 0 radical (unpaired) electrons. The second-order valence-corrected chi connectivity index (χ2v) is 6.88. The Labute approximate surface area is 101 Å². The summed E-state index contributed by atoms with van der Waals surface area (Å²) < 4.78 is 0. The Kier molecular flexibility index (Phi) is 7.72. The van der Waals surface area contributed by atoms with Gasteiger partial charge in [-0.15, -0.1) is 0 Å². The summed E-state index contributed by atoms with van der Waals surface area (Å²) in [6.07, 6.45) is 3.52. The molecule has 0 saturated carbocycles. The van der Waals surface area contributed by atoms with Crippen LogP contribution in [0, 0.1) is 17.3 Å². The Balaban J connectivity index is 3.91. The lowest BCUT2D eigenvalue weighted by molar-refractivity contribution is 0.225. The van der Waals surface area contributed by atoms with Crippen molar-refractivity contribution in [1.29, 1.82) is 0 Å². The summed E-state index contributed by atoms with van der Waals surface area (Å²) in [6, 6.07) is 0. The zero-order valence-electron chi connectivity index (χ0n) is 11.4. The van der Waals surface area contributed by atoms with Gasteiger partial charge in [-0.3, -0.25) is 0 Å². The number of hydrogen-bond donors (Lipinski definition) is 1. The second kappa shape index (κ2) is 7.56. The molecule has 1 nitrogen and oxygen atoms in total. The van der Waals surface area contributed by atoms with Gasteiger partial charge in [-0.05, 0) is 48.8 Å². The molecule has 0 aromatic rings. The van der Waals surface area contributed by atoms with E-state index in [0.29, 0.717) is 5.41 Å². The van der Waals surface area contributed by atoms with Crippen molar-refractivity contribution in [2.24, 2.45) is 17.3 Å². The number of thioether (sulfide) groups is 1. The Morgan fingerprint density at radius 3 is 2.13 bits per heavy atom. The van der Waals surface area contributed by atoms with Gasteiger partial charge in [0.2, 0.25) is 0 Å². The molecule has 0 rings (SSSR count). The van der Waals surface area contributed by atoms with E-state index in [1.165, 1.54) is 18.7 Å². The van der Waals surface area contributed by atoms with Crippen LogP contribution in [0.4, 0.5) is 0 Å². The molecule has 0 aromatic heterocycles. The smallest absolute Gasteiger partial charge is 0.00151 e. The predicted molar refractivity (Wildman–Crippen MR) is 73.7 cm³/mol. The summed E-state index contributed by atoms with van der Waals surface area (Å²) in [6.45, 7) is 13.9. The highest BCUT2D eigenvalue weighted by Gasteiger charge is 2.23. The van der Waals surface area contributed by atoms with Gasteiger partial charge < -0.3 is 5.32 Å². The summed E-state index contributed by atoms with van der Waals surface area (Å²) in [5.41, 5.74) is 0.430. The van der Waals surface area contributed by atoms with Gasteiger partial charge in [-0.1, -0.05) is 34.6 Å². The molecule has 92 valence electrons. The topological polar surface area (TPSA) is 12.0 Å². The average molecular weight is 231 g/mol. The zero-order valence-corrected chi connectivity index (χ0v) is 12.2. The Morgan fingerprint density at radius 1 is 1.13 bits per heavy atom. The highest BCUT2D eigenvalue weighted by molar-refractivity contribution is 7.98. The standard InChI is InChI=1S/C13H29NS/c1-11(2)9-14-10-12(7-8-15-6)13(3,4)5/h11-12,14H,7-10H2,1-6H3. The maximum absolute atomic E-state index is 3.59. The van der Waals surface area contributed by atoms with Crippen LogP contribution < -0.4 is 5.32 Å². The van der Waals surface area contributed by atoms with Crippen molar-refractivity contribution in [2.75, 3.05) is 25.1 Å². The molecule has 0 aromatic carbocycles. The molecule has 0 bridgehead atoms. The molecular formula is C13H29NS. The van der Waals surface area contributed by atoms with Crippen molar-refractivity contribution in [2.45, 2.75) is 41.0 Å². The normalized spacial score (nSPS) is 14.6. The fourth-order valence-corrected chi connectivity index (χ4v) is 2.17. The van der Waals surface area contributed by atoms with Crippen LogP contribution in [0.15, 0.2) is 0 Å². The number of hydrogen-bond acceptors (Lipinski definition) is 2. The summed E-state index contributed by atoms with van der Waals surface area (Å²) in [7, 11) is 0. The van der Waals surface area contributed by atoms with Crippen LogP contribution in [0.3, 0.4) is 0 Å². The zero-order chi connectivity index (χ0) is 11.9. The molecule has 15 heavy (non-hydrogen) atoms. The van der Waals surface area contributed by atoms with E-state index in [2.05, 4.69) is 46.2 Å². The minimum Gasteiger partial charge on any atom is -0.316 e. The van der Waals surface area contributed by atoms with Crippen LogP contribution in [0.5, 0.6) is 0 Å². The Bertz CT molecular complexity index is 149. The first-order valence-corrected chi connectivity index (χ1v) is 7.47. The molecule has 0 aliphatic carbocycles. The third-order valence-electron chi connectivity index (χ3n) is 2.84. The van der Waals surface area contributed by atoms with E-state index < -0.39 is 0 Å². The largest absolute Gasteiger partial charge is 0.316 e. The maximum Gasteiger partial charge on any atom is -0.00151 e. The van der Waals surface area contributed by atoms with Gasteiger partial charge in [0, 0.05) is 0 Å². The van der Waals surface area contributed by atoms with Crippen molar-refractivity contribution < 1.29 is 0 Å². The molecule has 0 aliphatic rings. The van der Waals surface area contributed by atoms with Crippen molar-refractivity contribution in [3.8, 4) is 0 Å². The van der Waals surface area contributed by atoms with E-state index in [-0.39, 0.29) is 0 Å². The fraction of sp³-hybridized carbons (Fsp3) is 1.00. The quantitative estimate of drug-likeness (QED) is 0.718. The first-order valence-electron chi connectivity index (χ1n) is 6.07. The lowest BCUT2D eigenvalue weighted by atomic mass is 9.79. The Hall–Kier alpha value is 0.310. The summed E-state index contributed by atoms with van der Waals surface area (Å²) in [5, 5.41) is 3.59. The highest BCUT2D eigenvalue weighted by atomic mass is 32.2. The van der Waals surface area contributed by atoms with Crippen LogP contribution in [0.2, 0.25) is 0 Å². The lowest BCUT2D eigenvalue weighted by Crippen LogP contribution is -2.34. The predicted octanol–water partition coefficient (Wildman–Crippen LogP) is 3.65. The molecule has 0 fully saturated rings. The first kappa shape index (κ1) is 15.3. The minimum absolute atomic E-state index is 0.430. The van der Waals surface area contributed by atoms with Crippen molar-refractivity contribution in [3.05, 3.63) is 0 Å². The van der Waals surface area contributed by atoms with Gasteiger partial charge in [0.25, 0.3) is 0 Å². The molecule has 2 heteroatoms. The summed E-state index contributed by atoms with van der Waals surface area (Å²) in [5.74, 6) is 2.83. The lowest BCUT2D eigenvalue weighted by Gasteiger charge is -2.31. The number of rotatable bonds is 7. The average Bonchev–Trinajstić information content (AvgIpc) is 2.08. The van der Waals surface area contributed by atoms with E-state index in [4.69, 9.17) is 0 Å². The molecular weight excluding hydrogens is 202 g/mol. The molecule has 1 atom stereocenters. The first-order chi connectivity index (χ1) is 6.88. The van der Waals surface area contributed by atoms with Crippen molar-refractivity contribution in [3.63, 3.8) is 0 Å². The van der Waals surface area contributed by atoms with Crippen LogP contribution in [-0.2, 0) is 0 Å². The third kappa shape index (κ3) is 8.15. The third-order valence-corrected chi connectivity index (χ3v) is 3.48. The van der Waals surface area contributed by atoms with Crippen LogP contribution in [0.25, 0.3) is 0 Å².